The second-order valence-electron chi connectivity index (χ2n) is 9.46. The predicted molar refractivity (Wildman–Crippen MR) is 145 cm³/mol. The highest BCUT2D eigenvalue weighted by molar-refractivity contribution is 5.77. The number of hydrogen-bond acceptors (Lipinski definition) is 3. The first kappa shape index (κ1) is 25.5. The summed E-state index contributed by atoms with van der Waals surface area (Å²) in [6.45, 7) is 7.60. The lowest BCUT2D eigenvalue weighted by atomic mass is 9.98. The topological polar surface area (TPSA) is 64.4 Å². The summed E-state index contributed by atoms with van der Waals surface area (Å²) in [6, 6.07) is 21.0. The molecule has 0 aliphatic carbocycles. The molecule has 0 fully saturated rings. The van der Waals surface area contributed by atoms with Crippen LogP contribution in [0.2, 0.25) is 0 Å². The number of aromatic nitrogens is 2. The van der Waals surface area contributed by atoms with E-state index >= 15 is 0 Å². The van der Waals surface area contributed by atoms with Gasteiger partial charge in [0.05, 0.1) is 17.6 Å². The number of carboxylic acid groups (broad SMARTS) is 1. The van der Waals surface area contributed by atoms with E-state index in [1.54, 1.807) is 0 Å². The van der Waals surface area contributed by atoms with Crippen molar-refractivity contribution in [2.45, 2.75) is 72.4 Å². The first-order chi connectivity index (χ1) is 17.5. The zero-order valence-electron chi connectivity index (χ0n) is 21.6. The molecule has 0 amide bonds. The summed E-state index contributed by atoms with van der Waals surface area (Å²) in [5, 5.41) is 9.03. The molecule has 0 saturated heterocycles. The van der Waals surface area contributed by atoms with Gasteiger partial charge >= 0.3 is 5.97 Å². The molecule has 188 valence electrons. The number of ether oxygens (including phenoxy) is 1. The van der Waals surface area contributed by atoms with Crippen LogP contribution in [0.15, 0.2) is 60.7 Å². The number of unbranched alkanes of at least 4 members (excludes halogenated alkanes) is 1. The molecule has 0 saturated carbocycles. The molecular formula is C31H36N2O3. The lowest BCUT2D eigenvalue weighted by Gasteiger charge is -2.15. The summed E-state index contributed by atoms with van der Waals surface area (Å²) in [5.74, 6) is 1.23. The number of rotatable bonds is 12. The number of aryl methyl sites for hydroxylation is 4. The van der Waals surface area contributed by atoms with Gasteiger partial charge < -0.3 is 14.4 Å². The lowest BCUT2D eigenvalue weighted by Crippen LogP contribution is -2.08. The molecule has 0 unspecified atom stereocenters. The Labute approximate surface area is 213 Å². The van der Waals surface area contributed by atoms with Crippen LogP contribution >= 0.6 is 0 Å². The van der Waals surface area contributed by atoms with Crippen molar-refractivity contribution >= 4 is 17.0 Å². The van der Waals surface area contributed by atoms with Gasteiger partial charge in [-0.25, -0.2) is 4.98 Å². The van der Waals surface area contributed by atoms with Gasteiger partial charge in [-0.15, -0.1) is 0 Å². The first-order valence-electron chi connectivity index (χ1n) is 13.0. The van der Waals surface area contributed by atoms with Crippen LogP contribution in [-0.4, -0.2) is 20.6 Å². The van der Waals surface area contributed by atoms with Crippen molar-refractivity contribution in [1.82, 2.24) is 9.55 Å². The number of fused-ring (bicyclic) bond motifs is 1. The fourth-order valence-corrected chi connectivity index (χ4v) is 4.68. The van der Waals surface area contributed by atoms with Gasteiger partial charge in [-0.2, -0.15) is 0 Å². The highest BCUT2D eigenvalue weighted by Gasteiger charge is 2.14. The van der Waals surface area contributed by atoms with Gasteiger partial charge in [0.1, 0.15) is 18.2 Å². The van der Waals surface area contributed by atoms with Crippen LogP contribution in [0, 0.1) is 6.92 Å². The normalized spacial score (nSPS) is 11.2. The van der Waals surface area contributed by atoms with Crippen LogP contribution in [0.4, 0.5) is 0 Å². The highest BCUT2D eigenvalue weighted by Crippen LogP contribution is 2.26. The van der Waals surface area contributed by atoms with Gasteiger partial charge in [0.2, 0.25) is 0 Å². The number of benzene rings is 3. The number of hydrogen-bond donors (Lipinski definition) is 1. The SMILES string of the molecule is CCCCc1nc2cc(C)ccc2n1Cc1ccccc1OCc1ccc(CCC(=O)O)c(CC)c1. The molecule has 1 aromatic heterocycles. The van der Waals surface area contributed by atoms with E-state index in [1.807, 2.05) is 24.3 Å². The van der Waals surface area contributed by atoms with Crippen molar-refractivity contribution in [1.29, 1.82) is 0 Å². The zero-order chi connectivity index (χ0) is 25.5. The van der Waals surface area contributed by atoms with E-state index < -0.39 is 5.97 Å². The molecule has 1 N–H and O–H groups in total. The van der Waals surface area contributed by atoms with Gasteiger partial charge in [-0.3, -0.25) is 4.79 Å². The smallest absolute Gasteiger partial charge is 0.303 e. The van der Waals surface area contributed by atoms with Crippen molar-refractivity contribution < 1.29 is 14.6 Å². The first-order valence-corrected chi connectivity index (χ1v) is 13.0. The van der Waals surface area contributed by atoms with Crippen LogP contribution < -0.4 is 4.74 Å². The highest BCUT2D eigenvalue weighted by atomic mass is 16.5. The Hall–Kier alpha value is -3.60. The van der Waals surface area contributed by atoms with E-state index in [2.05, 4.69) is 61.7 Å². The Morgan fingerprint density at radius 1 is 0.972 bits per heavy atom. The van der Waals surface area contributed by atoms with Crippen LogP contribution in [0.3, 0.4) is 0 Å². The molecule has 0 spiro atoms. The molecule has 4 rings (SSSR count). The molecule has 1 heterocycles. The Kier molecular flexibility index (Phi) is 8.42. The van der Waals surface area contributed by atoms with Gasteiger partial charge in [0.25, 0.3) is 0 Å². The Bertz CT molecular complexity index is 1340. The molecule has 0 atom stereocenters. The van der Waals surface area contributed by atoms with Crippen LogP contribution in [0.1, 0.15) is 66.8 Å². The van der Waals surface area contributed by atoms with Crippen molar-refractivity contribution in [2.75, 3.05) is 0 Å². The maximum absolute atomic E-state index is 11.0. The largest absolute Gasteiger partial charge is 0.489 e. The minimum Gasteiger partial charge on any atom is -0.489 e. The van der Waals surface area contributed by atoms with E-state index in [-0.39, 0.29) is 6.42 Å². The quantitative estimate of drug-likeness (QED) is 0.238. The number of carboxylic acids is 1. The van der Waals surface area contributed by atoms with Crippen LogP contribution in [0.25, 0.3) is 11.0 Å². The van der Waals surface area contributed by atoms with Gasteiger partial charge in [0, 0.05) is 18.4 Å². The number of aliphatic carboxylic acids is 1. The molecule has 0 aliphatic heterocycles. The van der Waals surface area contributed by atoms with Gasteiger partial charge in [0.15, 0.2) is 0 Å². The Morgan fingerprint density at radius 3 is 2.58 bits per heavy atom. The molecule has 4 aromatic rings. The molecule has 5 nitrogen and oxygen atoms in total. The average Bonchev–Trinajstić information content (AvgIpc) is 3.21. The molecule has 3 aromatic carbocycles. The minimum atomic E-state index is -0.764. The summed E-state index contributed by atoms with van der Waals surface area (Å²) in [4.78, 5) is 15.9. The molecule has 36 heavy (non-hydrogen) atoms. The lowest BCUT2D eigenvalue weighted by molar-refractivity contribution is -0.136. The maximum Gasteiger partial charge on any atom is 0.303 e. The second-order valence-corrected chi connectivity index (χ2v) is 9.46. The molecule has 5 heteroatoms. The summed E-state index contributed by atoms with van der Waals surface area (Å²) in [6.07, 6.45) is 4.79. The van der Waals surface area contributed by atoms with E-state index in [9.17, 15) is 4.79 Å². The third-order valence-corrected chi connectivity index (χ3v) is 6.69. The van der Waals surface area contributed by atoms with Crippen LogP contribution in [-0.2, 0) is 37.2 Å². The van der Waals surface area contributed by atoms with Gasteiger partial charge in [-0.1, -0.05) is 62.7 Å². The fourth-order valence-electron chi connectivity index (χ4n) is 4.68. The summed E-state index contributed by atoms with van der Waals surface area (Å²) in [7, 11) is 0. The summed E-state index contributed by atoms with van der Waals surface area (Å²) in [5.41, 5.74) is 7.94. The number of para-hydroxylation sites is 1. The molecule has 0 bridgehead atoms. The van der Waals surface area contributed by atoms with Crippen molar-refractivity contribution in [3.05, 3.63) is 94.3 Å². The van der Waals surface area contributed by atoms with Crippen molar-refractivity contribution in [3.63, 3.8) is 0 Å². The predicted octanol–water partition coefficient (Wildman–Crippen LogP) is 6.89. The van der Waals surface area contributed by atoms with Crippen molar-refractivity contribution in [2.24, 2.45) is 0 Å². The monoisotopic (exact) mass is 484 g/mol. The number of imidazole rings is 1. The van der Waals surface area contributed by atoms with Crippen molar-refractivity contribution in [3.8, 4) is 5.75 Å². The molecule has 0 radical (unpaired) electrons. The summed E-state index contributed by atoms with van der Waals surface area (Å²) < 4.78 is 8.67. The average molecular weight is 485 g/mol. The molecular weight excluding hydrogens is 448 g/mol. The third kappa shape index (κ3) is 6.14. The maximum atomic E-state index is 11.0. The standard InChI is InChI=1S/C31H36N2O3/c1-4-6-11-30-32-27-18-22(3)12-16-28(27)33(30)20-26-9-7-8-10-29(26)36-21-23-13-14-25(15-17-31(34)35)24(5-2)19-23/h7-10,12-14,16,18-19H,4-6,11,15,17,20-21H2,1-3H3,(H,34,35). The van der Waals surface area contributed by atoms with Gasteiger partial charge in [-0.05, 0) is 66.6 Å². The summed E-state index contributed by atoms with van der Waals surface area (Å²) >= 11 is 0. The minimum absolute atomic E-state index is 0.152. The number of carbonyl (C=O) groups is 1. The van der Waals surface area contributed by atoms with E-state index in [1.165, 1.54) is 11.1 Å². The van der Waals surface area contributed by atoms with E-state index in [4.69, 9.17) is 14.8 Å². The Balaban J connectivity index is 1.55. The molecule has 0 aliphatic rings. The number of nitrogens with zero attached hydrogens (tertiary/aromatic N) is 2. The third-order valence-electron chi connectivity index (χ3n) is 6.69. The van der Waals surface area contributed by atoms with E-state index in [0.29, 0.717) is 19.6 Å². The Morgan fingerprint density at radius 2 is 1.81 bits per heavy atom. The van der Waals surface area contributed by atoms with Crippen LogP contribution in [0.5, 0.6) is 5.75 Å². The zero-order valence-corrected chi connectivity index (χ0v) is 21.6. The van der Waals surface area contributed by atoms with E-state index in [0.717, 1.165) is 65.0 Å². The second kappa shape index (κ2) is 11.9. The fraction of sp³-hybridized carbons (Fsp3) is 0.355.